The molecule has 0 bridgehead atoms. The minimum atomic E-state index is -0.708. The average Bonchev–Trinajstić information content (AvgIpc) is 3.37. The maximum absolute atomic E-state index is 13.1. The summed E-state index contributed by atoms with van der Waals surface area (Å²) in [5.74, 6) is -1.73. The highest BCUT2D eigenvalue weighted by Gasteiger charge is 2.52. The topological polar surface area (TPSA) is 72.9 Å². The van der Waals surface area contributed by atoms with Crippen molar-refractivity contribution >= 4 is 17.8 Å². The van der Waals surface area contributed by atoms with Gasteiger partial charge in [0.25, 0.3) is 0 Å². The van der Waals surface area contributed by atoms with Crippen molar-refractivity contribution < 1.29 is 28.2 Å². The van der Waals surface area contributed by atoms with Gasteiger partial charge in [0, 0.05) is 13.1 Å². The van der Waals surface area contributed by atoms with Crippen LogP contribution in [0.5, 0.6) is 0 Å². The molecule has 1 aromatic rings. The molecule has 0 atom stereocenters. The summed E-state index contributed by atoms with van der Waals surface area (Å²) in [6, 6.07) is 5.76. The van der Waals surface area contributed by atoms with E-state index in [4.69, 9.17) is 9.47 Å². The van der Waals surface area contributed by atoms with Crippen molar-refractivity contribution in [3.05, 3.63) is 35.6 Å². The minimum Gasteiger partial charge on any atom is -0.466 e. The second-order valence-corrected chi connectivity index (χ2v) is 6.36. The summed E-state index contributed by atoms with van der Waals surface area (Å²) < 4.78 is 23.1. The van der Waals surface area contributed by atoms with Crippen LogP contribution in [0, 0.1) is 11.2 Å². The zero-order chi connectivity index (χ0) is 19.2. The Labute approximate surface area is 152 Å². The first-order valence-corrected chi connectivity index (χ1v) is 8.75. The van der Waals surface area contributed by atoms with Crippen LogP contribution in [0.25, 0.3) is 0 Å². The number of ether oxygens (including phenoxy) is 2. The quantitative estimate of drug-likeness (QED) is 0.496. The second kappa shape index (κ2) is 8.78. The second-order valence-electron chi connectivity index (χ2n) is 6.36. The molecule has 1 aliphatic carbocycles. The molecule has 142 valence electrons. The monoisotopic (exact) mass is 365 g/mol. The van der Waals surface area contributed by atoms with E-state index in [9.17, 15) is 18.8 Å². The number of amides is 1. The van der Waals surface area contributed by atoms with Gasteiger partial charge in [0.1, 0.15) is 12.2 Å². The molecule has 0 heterocycles. The number of halogens is 1. The highest BCUT2D eigenvalue weighted by molar-refractivity contribution is 5.94. The van der Waals surface area contributed by atoms with Crippen molar-refractivity contribution in [1.82, 2.24) is 4.90 Å². The molecule has 2 rings (SSSR count). The lowest BCUT2D eigenvalue weighted by atomic mass is 10.1. The lowest BCUT2D eigenvalue weighted by Crippen LogP contribution is -2.40. The van der Waals surface area contributed by atoms with Gasteiger partial charge in [-0.3, -0.25) is 14.4 Å². The van der Waals surface area contributed by atoms with Gasteiger partial charge in [-0.1, -0.05) is 12.1 Å². The summed E-state index contributed by atoms with van der Waals surface area (Å²) >= 11 is 0. The molecule has 0 unspecified atom stereocenters. The van der Waals surface area contributed by atoms with Crippen molar-refractivity contribution in [2.45, 2.75) is 39.7 Å². The van der Waals surface area contributed by atoms with Crippen LogP contribution < -0.4 is 0 Å². The highest BCUT2D eigenvalue weighted by atomic mass is 19.1. The molecule has 0 aliphatic heterocycles. The van der Waals surface area contributed by atoms with Crippen LogP contribution in [0.3, 0.4) is 0 Å². The summed E-state index contributed by atoms with van der Waals surface area (Å²) in [6.07, 6.45) is 0.880. The number of carbonyl (C=O) groups excluding carboxylic acids is 3. The molecular weight excluding hydrogens is 341 g/mol. The molecule has 0 radical (unpaired) electrons. The van der Waals surface area contributed by atoms with E-state index in [1.54, 1.807) is 26.0 Å². The Hall–Kier alpha value is -2.44. The third-order valence-corrected chi connectivity index (χ3v) is 4.30. The Bertz CT molecular complexity index is 654. The summed E-state index contributed by atoms with van der Waals surface area (Å²) in [5, 5.41) is 0. The summed E-state index contributed by atoms with van der Waals surface area (Å²) in [6.45, 7) is 4.21. The van der Waals surface area contributed by atoms with Crippen molar-refractivity contribution in [3.8, 4) is 0 Å². The van der Waals surface area contributed by atoms with Gasteiger partial charge < -0.3 is 14.4 Å². The Morgan fingerprint density at radius 2 is 1.69 bits per heavy atom. The van der Waals surface area contributed by atoms with Crippen molar-refractivity contribution in [2.75, 3.05) is 19.8 Å². The van der Waals surface area contributed by atoms with Crippen LogP contribution in [0.15, 0.2) is 24.3 Å². The predicted octanol–water partition coefficient (Wildman–Crippen LogP) is 2.45. The Kier molecular flexibility index (Phi) is 6.71. The van der Waals surface area contributed by atoms with Crippen LogP contribution in [0.4, 0.5) is 4.39 Å². The number of esters is 2. The van der Waals surface area contributed by atoms with Gasteiger partial charge in [-0.2, -0.15) is 0 Å². The van der Waals surface area contributed by atoms with E-state index in [1.807, 2.05) is 0 Å². The highest BCUT2D eigenvalue weighted by Crippen LogP contribution is 2.47. The van der Waals surface area contributed by atoms with Gasteiger partial charge in [0.15, 0.2) is 0 Å². The zero-order valence-electron chi connectivity index (χ0n) is 15.1. The number of hydrogen-bond acceptors (Lipinski definition) is 5. The molecule has 1 aliphatic rings. The van der Waals surface area contributed by atoms with E-state index in [0.717, 1.165) is 0 Å². The van der Waals surface area contributed by atoms with Gasteiger partial charge in [-0.25, -0.2) is 4.39 Å². The molecule has 1 fully saturated rings. The van der Waals surface area contributed by atoms with E-state index in [-0.39, 0.29) is 38.1 Å². The van der Waals surface area contributed by atoms with E-state index in [0.29, 0.717) is 18.4 Å². The smallest absolute Gasteiger partial charge is 0.315 e. The Morgan fingerprint density at radius 1 is 1.08 bits per heavy atom. The molecule has 1 amide bonds. The van der Waals surface area contributed by atoms with Crippen LogP contribution in [0.1, 0.15) is 38.7 Å². The largest absolute Gasteiger partial charge is 0.466 e. The van der Waals surface area contributed by atoms with Crippen LogP contribution in [0.2, 0.25) is 0 Å². The summed E-state index contributed by atoms with van der Waals surface area (Å²) in [5.41, 5.74) is 0.00338. The van der Waals surface area contributed by atoms with Gasteiger partial charge in [-0.05, 0) is 44.4 Å². The van der Waals surface area contributed by atoms with Gasteiger partial charge in [0.05, 0.1) is 18.6 Å². The van der Waals surface area contributed by atoms with Crippen LogP contribution >= 0.6 is 0 Å². The van der Waals surface area contributed by atoms with E-state index in [2.05, 4.69) is 0 Å². The van der Waals surface area contributed by atoms with Gasteiger partial charge in [0.2, 0.25) is 5.91 Å². The average molecular weight is 365 g/mol. The van der Waals surface area contributed by atoms with Crippen LogP contribution in [-0.4, -0.2) is 42.5 Å². The molecule has 26 heavy (non-hydrogen) atoms. The first-order chi connectivity index (χ1) is 12.4. The molecule has 0 aromatic heterocycles. The minimum absolute atomic E-state index is 0.168. The number of rotatable bonds is 9. The molecule has 7 heteroatoms. The van der Waals surface area contributed by atoms with Crippen molar-refractivity contribution in [1.29, 1.82) is 0 Å². The maximum atomic E-state index is 13.1. The summed E-state index contributed by atoms with van der Waals surface area (Å²) in [7, 11) is 0. The fraction of sp³-hybridized carbons (Fsp3) is 0.526. The lowest BCUT2D eigenvalue weighted by molar-refractivity contribution is -0.152. The fourth-order valence-electron chi connectivity index (χ4n) is 2.72. The fourth-order valence-corrected chi connectivity index (χ4v) is 2.72. The number of benzene rings is 1. The molecule has 0 N–H and O–H groups in total. The van der Waals surface area contributed by atoms with E-state index >= 15 is 0 Å². The van der Waals surface area contributed by atoms with Crippen molar-refractivity contribution in [3.63, 3.8) is 0 Å². The predicted molar refractivity (Wildman–Crippen MR) is 91.4 cm³/mol. The SMILES string of the molecule is CCOC(=O)CC(=O)N(Cc1ccc(F)cc1)CC1(C(=O)OCC)CC1. The number of carbonyl (C=O) groups is 3. The summed E-state index contributed by atoms with van der Waals surface area (Å²) in [4.78, 5) is 37.9. The standard InChI is InChI=1S/C19H24FNO5/c1-3-25-17(23)11-16(22)21(12-14-5-7-15(20)8-6-14)13-19(9-10-19)18(24)26-4-2/h5-8H,3-4,9-13H2,1-2H3. The molecule has 0 spiro atoms. The lowest BCUT2D eigenvalue weighted by Gasteiger charge is -2.26. The molecule has 6 nitrogen and oxygen atoms in total. The molecular formula is C19H24FNO5. The number of nitrogens with zero attached hydrogens (tertiary/aromatic N) is 1. The van der Waals surface area contributed by atoms with E-state index in [1.165, 1.54) is 17.0 Å². The Balaban J connectivity index is 2.12. The van der Waals surface area contributed by atoms with Crippen LogP contribution in [-0.2, 0) is 30.4 Å². The van der Waals surface area contributed by atoms with Crippen molar-refractivity contribution in [2.24, 2.45) is 5.41 Å². The zero-order valence-corrected chi connectivity index (χ0v) is 15.1. The van der Waals surface area contributed by atoms with Gasteiger partial charge in [-0.15, -0.1) is 0 Å². The third-order valence-electron chi connectivity index (χ3n) is 4.30. The Morgan fingerprint density at radius 3 is 2.23 bits per heavy atom. The first-order valence-electron chi connectivity index (χ1n) is 8.75. The van der Waals surface area contributed by atoms with E-state index < -0.39 is 23.7 Å². The molecule has 1 saturated carbocycles. The molecule has 0 saturated heterocycles. The maximum Gasteiger partial charge on any atom is 0.315 e. The normalized spacial score (nSPS) is 14.4. The molecule has 1 aromatic carbocycles. The number of hydrogen-bond donors (Lipinski definition) is 0. The first kappa shape index (κ1) is 19.9. The third kappa shape index (κ3) is 5.28. The van der Waals surface area contributed by atoms with Gasteiger partial charge >= 0.3 is 11.9 Å².